The minimum absolute atomic E-state index is 0.149. The van der Waals surface area contributed by atoms with E-state index < -0.39 is 10.1 Å². The molecule has 0 aromatic heterocycles. The normalized spacial score (nSPS) is 25.2. The lowest BCUT2D eigenvalue weighted by atomic mass is 10.0. The highest BCUT2D eigenvalue weighted by molar-refractivity contribution is 7.86. The van der Waals surface area contributed by atoms with Gasteiger partial charge in [0.05, 0.1) is 12.4 Å². The van der Waals surface area contributed by atoms with Crippen LogP contribution in [0, 0.1) is 0 Å². The lowest BCUT2D eigenvalue weighted by Gasteiger charge is -2.14. The van der Waals surface area contributed by atoms with Crippen LogP contribution in [0.1, 0.15) is 24.0 Å². The van der Waals surface area contributed by atoms with Gasteiger partial charge in [0.1, 0.15) is 0 Å². The van der Waals surface area contributed by atoms with Gasteiger partial charge in [-0.25, -0.2) is 0 Å². The Morgan fingerprint density at radius 2 is 2.00 bits per heavy atom. The fraction of sp³-hybridized carbons (Fsp3) is 0.455. The molecule has 82 valence electrons. The van der Waals surface area contributed by atoms with Crippen molar-refractivity contribution in [2.45, 2.75) is 25.4 Å². The minimum Gasteiger partial charge on any atom is -0.266 e. The van der Waals surface area contributed by atoms with E-state index in [4.69, 9.17) is 4.18 Å². The quantitative estimate of drug-likeness (QED) is 0.721. The van der Waals surface area contributed by atoms with E-state index >= 15 is 0 Å². The molecule has 0 amide bonds. The van der Waals surface area contributed by atoms with Crippen LogP contribution in [0.15, 0.2) is 24.3 Å². The number of hydrogen-bond acceptors (Lipinski definition) is 3. The third-order valence-electron chi connectivity index (χ3n) is 2.82. The second-order valence-corrected chi connectivity index (χ2v) is 5.63. The zero-order valence-electron chi connectivity index (χ0n) is 8.80. The molecule has 0 heterocycles. The first kappa shape index (κ1) is 10.6. The molecule has 3 nitrogen and oxygen atoms in total. The van der Waals surface area contributed by atoms with E-state index in [9.17, 15) is 8.42 Å². The summed E-state index contributed by atoms with van der Waals surface area (Å²) >= 11 is 0. The Bertz CT molecular complexity index is 464. The number of rotatable bonds is 2. The van der Waals surface area contributed by atoms with Crippen molar-refractivity contribution < 1.29 is 12.6 Å². The van der Waals surface area contributed by atoms with E-state index in [-0.39, 0.29) is 12.0 Å². The predicted octanol–water partition coefficient (Wildman–Crippen LogP) is 1.69. The number of fused-ring (bicyclic) bond motifs is 1. The third-order valence-corrected chi connectivity index (χ3v) is 3.42. The van der Waals surface area contributed by atoms with Crippen molar-refractivity contribution in [2.75, 3.05) is 6.26 Å². The summed E-state index contributed by atoms with van der Waals surface area (Å²) in [7, 11) is -3.36. The van der Waals surface area contributed by atoms with E-state index in [2.05, 4.69) is 0 Å². The van der Waals surface area contributed by atoms with Gasteiger partial charge >= 0.3 is 0 Å². The Balaban J connectivity index is 2.24. The summed E-state index contributed by atoms with van der Waals surface area (Å²) in [6.45, 7) is 2.00. The first-order chi connectivity index (χ1) is 6.97. The summed E-state index contributed by atoms with van der Waals surface area (Å²) in [4.78, 5) is 0. The van der Waals surface area contributed by atoms with Crippen LogP contribution in [0.3, 0.4) is 0 Å². The van der Waals surface area contributed by atoms with Crippen LogP contribution < -0.4 is 0 Å². The van der Waals surface area contributed by atoms with Crippen molar-refractivity contribution in [3.63, 3.8) is 0 Å². The van der Waals surface area contributed by atoms with Gasteiger partial charge in [0.15, 0.2) is 0 Å². The molecule has 0 unspecified atom stereocenters. The van der Waals surface area contributed by atoms with E-state index in [1.165, 1.54) is 11.1 Å². The monoisotopic (exact) mass is 226 g/mol. The molecule has 4 heteroatoms. The Morgan fingerprint density at radius 3 is 2.60 bits per heavy atom. The zero-order valence-corrected chi connectivity index (χ0v) is 9.62. The summed E-state index contributed by atoms with van der Waals surface area (Å²) in [5, 5.41) is 0. The van der Waals surface area contributed by atoms with Crippen LogP contribution in [0.4, 0.5) is 0 Å². The van der Waals surface area contributed by atoms with E-state index in [1.807, 2.05) is 31.2 Å². The molecule has 2 atom stereocenters. The van der Waals surface area contributed by atoms with Gasteiger partial charge in [-0.3, -0.25) is 4.18 Å². The topological polar surface area (TPSA) is 43.4 Å². The van der Waals surface area contributed by atoms with Crippen molar-refractivity contribution in [2.24, 2.45) is 0 Å². The van der Waals surface area contributed by atoms with Gasteiger partial charge in [0.2, 0.25) is 0 Å². The van der Waals surface area contributed by atoms with Gasteiger partial charge in [0.25, 0.3) is 10.1 Å². The summed E-state index contributed by atoms with van der Waals surface area (Å²) in [6.07, 6.45) is 1.55. The standard InChI is InChI=1S/C11H14O3S/c1-8-10-6-4-3-5-9(10)7-11(8)14-15(2,12)13/h3-6,8,11H,7H2,1-2H3/t8-,11-/m0/s1. The first-order valence-electron chi connectivity index (χ1n) is 4.93. The molecule has 0 radical (unpaired) electrons. The molecule has 1 aliphatic rings. The molecule has 2 rings (SSSR count). The summed E-state index contributed by atoms with van der Waals surface area (Å²) in [5.41, 5.74) is 2.39. The van der Waals surface area contributed by atoms with Crippen molar-refractivity contribution in [1.82, 2.24) is 0 Å². The van der Waals surface area contributed by atoms with Crippen molar-refractivity contribution >= 4 is 10.1 Å². The average molecular weight is 226 g/mol. The van der Waals surface area contributed by atoms with Gasteiger partial charge < -0.3 is 0 Å². The fourth-order valence-electron chi connectivity index (χ4n) is 2.10. The molecule has 0 fully saturated rings. The van der Waals surface area contributed by atoms with Gasteiger partial charge in [0, 0.05) is 12.3 Å². The lowest BCUT2D eigenvalue weighted by molar-refractivity contribution is 0.199. The molecule has 1 aromatic carbocycles. The summed E-state index contributed by atoms with van der Waals surface area (Å²) in [5.74, 6) is 0.149. The van der Waals surface area contributed by atoms with E-state index in [1.54, 1.807) is 0 Å². The average Bonchev–Trinajstić information content (AvgIpc) is 2.42. The third kappa shape index (κ3) is 2.21. The fourth-order valence-corrected chi connectivity index (χ4v) is 2.78. The zero-order chi connectivity index (χ0) is 11.1. The Hall–Kier alpha value is -0.870. The maximum absolute atomic E-state index is 11.1. The SMILES string of the molecule is C[C@H]1c2ccccc2C[C@@H]1OS(C)(=O)=O. The highest BCUT2D eigenvalue weighted by atomic mass is 32.2. The Kier molecular flexibility index (Phi) is 2.56. The lowest BCUT2D eigenvalue weighted by Crippen LogP contribution is -2.20. The first-order valence-corrected chi connectivity index (χ1v) is 6.75. The number of hydrogen-bond donors (Lipinski definition) is 0. The van der Waals surface area contributed by atoms with Crippen LogP contribution in [0.25, 0.3) is 0 Å². The van der Waals surface area contributed by atoms with Crippen molar-refractivity contribution in [3.05, 3.63) is 35.4 Å². The number of benzene rings is 1. The Morgan fingerprint density at radius 1 is 1.33 bits per heavy atom. The largest absolute Gasteiger partial charge is 0.266 e. The smallest absolute Gasteiger partial charge is 0.264 e. The molecule has 0 aliphatic heterocycles. The second kappa shape index (κ2) is 3.61. The molecule has 15 heavy (non-hydrogen) atoms. The van der Waals surface area contributed by atoms with E-state index in [0.29, 0.717) is 6.42 Å². The molecule has 1 aromatic rings. The Labute approximate surface area is 90.2 Å². The molecule has 0 bridgehead atoms. The second-order valence-electron chi connectivity index (χ2n) is 4.03. The van der Waals surface area contributed by atoms with Crippen LogP contribution in [-0.4, -0.2) is 20.8 Å². The maximum atomic E-state index is 11.1. The molecular formula is C11H14O3S. The van der Waals surface area contributed by atoms with Gasteiger partial charge in [-0.1, -0.05) is 31.2 Å². The van der Waals surface area contributed by atoms with Crippen molar-refractivity contribution in [1.29, 1.82) is 0 Å². The van der Waals surface area contributed by atoms with E-state index in [0.717, 1.165) is 6.26 Å². The summed E-state index contributed by atoms with van der Waals surface area (Å²) < 4.78 is 27.2. The van der Waals surface area contributed by atoms with Crippen LogP contribution >= 0.6 is 0 Å². The molecule has 0 spiro atoms. The van der Waals surface area contributed by atoms with Gasteiger partial charge in [-0.15, -0.1) is 0 Å². The van der Waals surface area contributed by atoms with Crippen molar-refractivity contribution in [3.8, 4) is 0 Å². The molecule has 0 saturated heterocycles. The predicted molar refractivity (Wildman–Crippen MR) is 58.3 cm³/mol. The van der Waals surface area contributed by atoms with Crippen LogP contribution in [-0.2, 0) is 20.7 Å². The van der Waals surface area contributed by atoms with Crippen LogP contribution in [0.5, 0.6) is 0 Å². The highest BCUT2D eigenvalue weighted by Crippen LogP contribution is 2.35. The molecule has 0 N–H and O–H groups in total. The highest BCUT2D eigenvalue weighted by Gasteiger charge is 2.31. The summed E-state index contributed by atoms with van der Waals surface area (Å²) in [6, 6.07) is 8.00. The molecule has 1 aliphatic carbocycles. The minimum atomic E-state index is -3.36. The molecular weight excluding hydrogens is 212 g/mol. The van der Waals surface area contributed by atoms with Crippen LogP contribution in [0.2, 0.25) is 0 Å². The van der Waals surface area contributed by atoms with Gasteiger partial charge in [-0.05, 0) is 11.1 Å². The van der Waals surface area contributed by atoms with Gasteiger partial charge in [-0.2, -0.15) is 8.42 Å². The molecule has 0 saturated carbocycles. The maximum Gasteiger partial charge on any atom is 0.264 e.